The molecule has 3 rings (SSSR count). The van der Waals surface area contributed by atoms with Crippen LogP contribution in [0.1, 0.15) is 44.7 Å². The molecule has 0 saturated carbocycles. The molecule has 25 heavy (non-hydrogen) atoms. The van der Waals surface area contributed by atoms with Crippen LogP contribution in [0.2, 0.25) is 0 Å². The van der Waals surface area contributed by atoms with E-state index in [9.17, 15) is 9.59 Å². The van der Waals surface area contributed by atoms with Crippen LogP contribution in [-0.4, -0.2) is 25.4 Å². The van der Waals surface area contributed by atoms with Gasteiger partial charge in [0.05, 0.1) is 12.7 Å². The van der Waals surface area contributed by atoms with E-state index in [-0.39, 0.29) is 23.7 Å². The predicted molar refractivity (Wildman–Crippen MR) is 94.4 cm³/mol. The number of benzene rings is 2. The molecular weight excluding hydrogens is 318 g/mol. The summed E-state index contributed by atoms with van der Waals surface area (Å²) in [5.74, 6) is 0.0323. The second-order valence-electron chi connectivity index (χ2n) is 6.13. The lowest BCUT2D eigenvalue weighted by atomic mass is 9.90. The van der Waals surface area contributed by atoms with Gasteiger partial charge >= 0.3 is 0 Å². The maximum Gasteiger partial charge on any atom is 0.252 e. The average Bonchev–Trinajstić information content (AvgIpc) is 2.65. The Labute approximate surface area is 146 Å². The van der Waals surface area contributed by atoms with E-state index in [4.69, 9.17) is 15.2 Å². The molecule has 1 aliphatic rings. The number of hydrogen-bond donors (Lipinski definition) is 1. The van der Waals surface area contributed by atoms with Gasteiger partial charge in [-0.3, -0.25) is 9.59 Å². The summed E-state index contributed by atoms with van der Waals surface area (Å²) in [6, 6.07) is 10.5. The number of ketones is 1. The number of carbonyl (C=O) groups is 2. The average molecular weight is 339 g/mol. The molecule has 2 aromatic rings. The first-order valence-corrected chi connectivity index (χ1v) is 8.34. The highest BCUT2D eigenvalue weighted by atomic mass is 16.5. The fourth-order valence-electron chi connectivity index (χ4n) is 3.09. The molecule has 0 spiro atoms. The molecule has 1 amide bonds. The first-order chi connectivity index (χ1) is 12.1. The van der Waals surface area contributed by atoms with Crippen molar-refractivity contribution in [2.75, 3.05) is 13.7 Å². The summed E-state index contributed by atoms with van der Waals surface area (Å²) in [6.45, 7) is -0.160. The maximum absolute atomic E-state index is 12.5. The van der Waals surface area contributed by atoms with Crippen molar-refractivity contribution in [3.63, 3.8) is 0 Å². The zero-order valence-electron chi connectivity index (χ0n) is 14.2. The number of methoxy groups -OCH3 is 1. The van der Waals surface area contributed by atoms with E-state index in [1.807, 2.05) is 18.2 Å². The van der Waals surface area contributed by atoms with Crippen LogP contribution >= 0.6 is 0 Å². The van der Waals surface area contributed by atoms with E-state index in [1.165, 1.54) is 30.7 Å². The molecule has 0 atom stereocenters. The summed E-state index contributed by atoms with van der Waals surface area (Å²) in [5.41, 5.74) is 8.78. The van der Waals surface area contributed by atoms with E-state index in [0.717, 1.165) is 19.3 Å². The number of hydrogen-bond acceptors (Lipinski definition) is 4. The minimum Gasteiger partial charge on any atom is -0.497 e. The van der Waals surface area contributed by atoms with Crippen molar-refractivity contribution in [2.24, 2.45) is 5.73 Å². The van der Waals surface area contributed by atoms with Crippen molar-refractivity contribution in [2.45, 2.75) is 25.7 Å². The van der Waals surface area contributed by atoms with Crippen LogP contribution < -0.4 is 15.2 Å². The highest BCUT2D eigenvalue weighted by molar-refractivity contribution is 5.98. The number of Topliss-reactive ketones (excluding diaryl/α,β-unsaturated/α-hetero) is 1. The summed E-state index contributed by atoms with van der Waals surface area (Å²) >= 11 is 0. The first kappa shape index (κ1) is 17.0. The summed E-state index contributed by atoms with van der Waals surface area (Å²) < 4.78 is 10.7. The van der Waals surface area contributed by atoms with Gasteiger partial charge in [0, 0.05) is 11.6 Å². The van der Waals surface area contributed by atoms with Crippen molar-refractivity contribution >= 4 is 11.7 Å². The molecule has 0 heterocycles. The summed E-state index contributed by atoms with van der Waals surface area (Å²) in [6.07, 6.45) is 4.45. The molecule has 0 unspecified atom stereocenters. The van der Waals surface area contributed by atoms with Crippen LogP contribution in [0.5, 0.6) is 11.5 Å². The molecule has 1 aliphatic carbocycles. The van der Waals surface area contributed by atoms with Gasteiger partial charge in [0.15, 0.2) is 12.4 Å². The van der Waals surface area contributed by atoms with E-state index in [1.54, 1.807) is 12.1 Å². The van der Waals surface area contributed by atoms with Gasteiger partial charge in [0.1, 0.15) is 11.5 Å². The number of aryl methyl sites for hydroxylation is 2. The molecule has 2 aromatic carbocycles. The van der Waals surface area contributed by atoms with Gasteiger partial charge in [-0.25, -0.2) is 0 Å². The maximum atomic E-state index is 12.5. The van der Waals surface area contributed by atoms with Crippen molar-refractivity contribution in [3.8, 4) is 11.5 Å². The summed E-state index contributed by atoms with van der Waals surface area (Å²) in [7, 11) is 1.52. The highest BCUT2D eigenvalue weighted by Crippen LogP contribution is 2.25. The van der Waals surface area contributed by atoms with Crippen LogP contribution in [0, 0.1) is 0 Å². The summed E-state index contributed by atoms with van der Waals surface area (Å²) in [4.78, 5) is 24.0. The Kier molecular flexibility index (Phi) is 5.03. The standard InChI is InChI=1S/C20H21NO4/c1-24-16-8-9-17(20(21)23)19(11-16)25-12-18(22)15-7-6-13-4-2-3-5-14(13)10-15/h6-11H,2-5,12H2,1H3,(H2,21,23). The molecular formula is C20H21NO4. The Morgan fingerprint density at radius 1 is 1.04 bits per heavy atom. The third-order valence-electron chi connectivity index (χ3n) is 4.48. The van der Waals surface area contributed by atoms with Crippen LogP contribution in [-0.2, 0) is 12.8 Å². The normalized spacial score (nSPS) is 13.0. The van der Waals surface area contributed by atoms with Gasteiger partial charge in [-0.2, -0.15) is 0 Å². The minimum atomic E-state index is -0.612. The topological polar surface area (TPSA) is 78.6 Å². The number of fused-ring (bicyclic) bond motifs is 1. The van der Waals surface area contributed by atoms with Crippen molar-refractivity contribution in [1.29, 1.82) is 0 Å². The largest absolute Gasteiger partial charge is 0.497 e. The van der Waals surface area contributed by atoms with Gasteiger partial charge in [-0.1, -0.05) is 12.1 Å². The Bertz CT molecular complexity index is 813. The molecule has 0 fully saturated rings. The molecule has 0 aliphatic heterocycles. The van der Waals surface area contributed by atoms with Gasteiger partial charge in [0.2, 0.25) is 0 Å². The van der Waals surface area contributed by atoms with Crippen LogP contribution in [0.4, 0.5) is 0 Å². The van der Waals surface area contributed by atoms with Crippen LogP contribution in [0.25, 0.3) is 0 Å². The molecule has 0 aromatic heterocycles. The number of amides is 1. The van der Waals surface area contributed by atoms with Crippen molar-refractivity contribution < 1.29 is 19.1 Å². The van der Waals surface area contributed by atoms with Gasteiger partial charge < -0.3 is 15.2 Å². The molecule has 5 nitrogen and oxygen atoms in total. The number of ether oxygens (including phenoxy) is 2. The molecule has 0 saturated heterocycles. The summed E-state index contributed by atoms with van der Waals surface area (Å²) in [5, 5.41) is 0. The van der Waals surface area contributed by atoms with Crippen LogP contribution in [0.15, 0.2) is 36.4 Å². The number of rotatable bonds is 6. The molecule has 0 bridgehead atoms. The minimum absolute atomic E-state index is 0.133. The van der Waals surface area contributed by atoms with E-state index >= 15 is 0 Å². The number of nitrogens with two attached hydrogens (primary N) is 1. The van der Waals surface area contributed by atoms with Gasteiger partial charge in [0.25, 0.3) is 5.91 Å². The molecule has 0 radical (unpaired) electrons. The zero-order valence-corrected chi connectivity index (χ0v) is 14.2. The highest BCUT2D eigenvalue weighted by Gasteiger charge is 2.16. The molecule has 5 heteroatoms. The van der Waals surface area contributed by atoms with Crippen molar-refractivity contribution in [1.82, 2.24) is 0 Å². The van der Waals surface area contributed by atoms with Crippen LogP contribution in [0.3, 0.4) is 0 Å². The number of carbonyl (C=O) groups excluding carboxylic acids is 2. The Hall–Kier alpha value is -2.82. The quantitative estimate of drug-likeness (QED) is 0.821. The third kappa shape index (κ3) is 3.82. The predicted octanol–water partition coefficient (Wildman–Crippen LogP) is 2.93. The smallest absolute Gasteiger partial charge is 0.252 e. The zero-order chi connectivity index (χ0) is 17.8. The second-order valence-corrected chi connectivity index (χ2v) is 6.13. The van der Waals surface area contributed by atoms with E-state index < -0.39 is 5.91 Å². The van der Waals surface area contributed by atoms with Gasteiger partial charge in [-0.15, -0.1) is 0 Å². The SMILES string of the molecule is COc1ccc(C(N)=O)c(OCC(=O)c2ccc3c(c2)CCCC3)c1. The lowest BCUT2D eigenvalue weighted by molar-refractivity contribution is 0.0911. The molecule has 2 N–H and O–H groups in total. The molecule has 130 valence electrons. The fourth-order valence-corrected chi connectivity index (χ4v) is 3.09. The Balaban J connectivity index is 1.75. The Morgan fingerprint density at radius 3 is 2.52 bits per heavy atom. The van der Waals surface area contributed by atoms with Gasteiger partial charge in [-0.05, 0) is 55.0 Å². The second kappa shape index (κ2) is 7.38. The lowest BCUT2D eigenvalue weighted by Crippen LogP contribution is -2.17. The van der Waals surface area contributed by atoms with E-state index in [0.29, 0.717) is 11.3 Å². The monoisotopic (exact) mass is 339 g/mol. The van der Waals surface area contributed by atoms with E-state index in [2.05, 4.69) is 0 Å². The lowest BCUT2D eigenvalue weighted by Gasteiger charge is -2.16. The first-order valence-electron chi connectivity index (χ1n) is 8.34. The van der Waals surface area contributed by atoms with Crippen molar-refractivity contribution in [3.05, 3.63) is 58.7 Å². The fraction of sp³-hybridized carbons (Fsp3) is 0.300. The Morgan fingerprint density at radius 2 is 1.80 bits per heavy atom. The third-order valence-corrected chi connectivity index (χ3v) is 4.48. The number of primary amides is 1.